The largest absolute Gasteiger partial charge is 0.486 e. The lowest BCUT2D eigenvalue weighted by molar-refractivity contribution is -0.113. The van der Waals surface area contributed by atoms with E-state index in [1.807, 2.05) is 42.5 Å². The summed E-state index contributed by atoms with van der Waals surface area (Å²) in [6.07, 6.45) is 0. The molecule has 7 heteroatoms. The standard InChI is InChI=1S/C17H15N3O3S/c21-16(20-17-18-12-3-1-2-4-13(12)19-17)10-24-11-5-6-14-15(9-11)23-8-7-22-14/h1-6,9H,7-8,10H2,(H2,18,19,20,21). The summed E-state index contributed by atoms with van der Waals surface area (Å²) in [6.45, 7) is 1.12. The van der Waals surface area contributed by atoms with Crippen molar-refractivity contribution in [2.45, 2.75) is 4.90 Å². The molecular formula is C17H15N3O3S. The van der Waals surface area contributed by atoms with Crippen molar-refractivity contribution in [3.8, 4) is 11.5 Å². The summed E-state index contributed by atoms with van der Waals surface area (Å²) in [5, 5.41) is 2.78. The molecule has 0 saturated heterocycles. The summed E-state index contributed by atoms with van der Waals surface area (Å²) in [4.78, 5) is 20.5. The fourth-order valence-electron chi connectivity index (χ4n) is 2.44. The third kappa shape index (κ3) is 3.16. The molecule has 2 N–H and O–H groups in total. The zero-order chi connectivity index (χ0) is 16.4. The van der Waals surface area contributed by atoms with Gasteiger partial charge in [0.1, 0.15) is 13.2 Å². The number of nitrogens with one attached hydrogen (secondary N) is 2. The average molecular weight is 341 g/mol. The van der Waals surface area contributed by atoms with Crippen LogP contribution in [-0.4, -0.2) is 34.8 Å². The molecule has 1 aliphatic heterocycles. The number of para-hydroxylation sites is 2. The highest BCUT2D eigenvalue weighted by Crippen LogP contribution is 2.34. The number of fused-ring (bicyclic) bond motifs is 2. The summed E-state index contributed by atoms with van der Waals surface area (Å²) in [5.41, 5.74) is 1.72. The Balaban J connectivity index is 1.37. The van der Waals surface area contributed by atoms with E-state index < -0.39 is 0 Å². The maximum Gasteiger partial charge on any atom is 0.237 e. The topological polar surface area (TPSA) is 76.2 Å². The van der Waals surface area contributed by atoms with E-state index in [-0.39, 0.29) is 11.7 Å². The van der Waals surface area contributed by atoms with Gasteiger partial charge < -0.3 is 14.5 Å². The van der Waals surface area contributed by atoms with Crippen molar-refractivity contribution in [3.05, 3.63) is 42.5 Å². The van der Waals surface area contributed by atoms with Crippen LogP contribution in [0.2, 0.25) is 0 Å². The van der Waals surface area contributed by atoms with E-state index in [2.05, 4.69) is 15.3 Å². The third-order valence-electron chi connectivity index (χ3n) is 3.53. The fraction of sp³-hybridized carbons (Fsp3) is 0.176. The molecular weight excluding hydrogens is 326 g/mol. The lowest BCUT2D eigenvalue weighted by atomic mass is 10.3. The summed E-state index contributed by atoms with van der Waals surface area (Å²) in [5.74, 6) is 2.11. The molecule has 3 aromatic rings. The smallest absolute Gasteiger partial charge is 0.237 e. The van der Waals surface area contributed by atoms with Crippen LogP contribution >= 0.6 is 11.8 Å². The number of hydrogen-bond acceptors (Lipinski definition) is 5. The van der Waals surface area contributed by atoms with Gasteiger partial charge in [0.25, 0.3) is 0 Å². The maximum absolute atomic E-state index is 12.1. The maximum atomic E-state index is 12.1. The molecule has 122 valence electrons. The molecule has 4 rings (SSSR count). The molecule has 24 heavy (non-hydrogen) atoms. The van der Waals surface area contributed by atoms with Crippen molar-refractivity contribution in [2.24, 2.45) is 0 Å². The van der Waals surface area contributed by atoms with Crippen LogP contribution in [0.4, 0.5) is 5.95 Å². The van der Waals surface area contributed by atoms with E-state index in [1.54, 1.807) is 0 Å². The van der Waals surface area contributed by atoms with Gasteiger partial charge in [0.15, 0.2) is 11.5 Å². The van der Waals surface area contributed by atoms with Crippen LogP contribution in [0.5, 0.6) is 11.5 Å². The Kier molecular flexibility index (Phi) is 4.00. The van der Waals surface area contributed by atoms with Crippen molar-refractivity contribution in [3.63, 3.8) is 0 Å². The first-order valence-corrected chi connectivity index (χ1v) is 8.53. The zero-order valence-corrected chi connectivity index (χ0v) is 13.6. The number of aromatic nitrogens is 2. The van der Waals surface area contributed by atoms with Crippen LogP contribution in [0.1, 0.15) is 0 Å². The second-order valence-electron chi connectivity index (χ2n) is 5.24. The van der Waals surface area contributed by atoms with Crippen LogP contribution in [0.25, 0.3) is 11.0 Å². The van der Waals surface area contributed by atoms with Gasteiger partial charge in [-0.25, -0.2) is 4.98 Å². The number of hydrogen-bond donors (Lipinski definition) is 2. The Morgan fingerprint density at radius 3 is 2.88 bits per heavy atom. The van der Waals surface area contributed by atoms with Gasteiger partial charge in [-0.15, -0.1) is 11.8 Å². The highest BCUT2D eigenvalue weighted by atomic mass is 32.2. The molecule has 0 bridgehead atoms. The minimum absolute atomic E-state index is 0.117. The SMILES string of the molecule is O=C(CSc1ccc2c(c1)OCCO2)Nc1nc2ccccc2[nH]1. The number of carbonyl (C=O) groups is 1. The van der Waals surface area contributed by atoms with Gasteiger partial charge >= 0.3 is 0 Å². The number of carbonyl (C=O) groups excluding carboxylic acids is 1. The Morgan fingerprint density at radius 2 is 2.00 bits per heavy atom. The summed E-state index contributed by atoms with van der Waals surface area (Å²) in [7, 11) is 0. The van der Waals surface area contributed by atoms with Gasteiger partial charge in [-0.1, -0.05) is 12.1 Å². The Bertz CT molecular complexity index is 861. The van der Waals surface area contributed by atoms with Crippen molar-refractivity contribution < 1.29 is 14.3 Å². The number of H-pyrrole nitrogens is 1. The Hall–Kier alpha value is -2.67. The number of anilines is 1. The number of amides is 1. The lowest BCUT2D eigenvalue weighted by Crippen LogP contribution is -2.16. The number of ether oxygens (including phenoxy) is 2. The van der Waals surface area contributed by atoms with Gasteiger partial charge in [0.05, 0.1) is 16.8 Å². The number of thioether (sulfide) groups is 1. The molecule has 0 radical (unpaired) electrons. The summed E-state index contributed by atoms with van der Waals surface area (Å²) >= 11 is 1.44. The van der Waals surface area contributed by atoms with Gasteiger partial charge in [0, 0.05) is 4.90 Å². The Morgan fingerprint density at radius 1 is 1.17 bits per heavy atom. The lowest BCUT2D eigenvalue weighted by Gasteiger charge is -2.18. The highest BCUT2D eigenvalue weighted by Gasteiger charge is 2.13. The van der Waals surface area contributed by atoms with Gasteiger partial charge in [-0.2, -0.15) is 0 Å². The number of aromatic amines is 1. The summed E-state index contributed by atoms with van der Waals surface area (Å²) < 4.78 is 11.0. The number of imidazole rings is 1. The minimum atomic E-state index is -0.117. The summed E-state index contributed by atoms with van der Waals surface area (Å²) in [6, 6.07) is 13.3. The van der Waals surface area contributed by atoms with E-state index >= 15 is 0 Å². The van der Waals surface area contributed by atoms with Crippen molar-refractivity contribution in [1.82, 2.24) is 9.97 Å². The molecule has 0 fully saturated rings. The molecule has 0 saturated carbocycles. The monoisotopic (exact) mass is 341 g/mol. The minimum Gasteiger partial charge on any atom is -0.486 e. The van der Waals surface area contributed by atoms with Crippen molar-refractivity contribution in [2.75, 3.05) is 24.3 Å². The molecule has 2 heterocycles. The third-order valence-corrected chi connectivity index (χ3v) is 4.52. The van der Waals surface area contributed by atoms with E-state index in [1.165, 1.54) is 11.8 Å². The molecule has 2 aromatic carbocycles. The first-order chi connectivity index (χ1) is 11.8. The second kappa shape index (κ2) is 6.45. The van der Waals surface area contributed by atoms with Crippen LogP contribution in [0.3, 0.4) is 0 Å². The molecule has 1 aliphatic rings. The molecule has 6 nitrogen and oxygen atoms in total. The normalized spacial score (nSPS) is 13.0. The molecule has 0 unspecified atom stereocenters. The Labute approximate surface area is 142 Å². The fourth-order valence-corrected chi connectivity index (χ4v) is 3.17. The molecule has 0 aliphatic carbocycles. The average Bonchev–Trinajstić information content (AvgIpc) is 3.02. The highest BCUT2D eigenvalue weighted by molar-refractivity contribution is 8.00. The predicted molar refractivity (Wildman–Crippen MR) is 92.9 cm³/mol. The van der Waals surface area contributed by atoms with Crippen LogP contribution in [0.15, 0.2) is 47.4 Å². The second-order valence-corrected chi connectivity index (χ2v) is 6.29. The van der Waals surface area contributed by atoms with Gasteiger partial charge in [-0.05, 0) is 30.3 Å². The molecule has 0 atom stereocenters. The number of benzene rings is 2. The molecule has 1 amide bonds. The predicted octanol–water partition coefficient (Wildman–Crippen LogP) is 3.06. The molecule has 1 aromatic heterocycles. The van der Waals surface area contributed by atoms with Crippen molar-refractivity contribution >= 4 is 34.7 Å². The quantitative estimate of drug-likeness (QED) is 0.713. The first kappa shape index (κ1) is 14.9. The van der Waals surface area contributed by atoms with E-state index in [9.17, 15) is 4.79 Å². The van der Waals surface area contributed by atoms with Crippen LogP contribution in [-0.2, 0) is 4.79 Å². The van der Waals surface area contributed by atoms with Gasteiger partial charge in [0.2, 0.25) is 11.9 Å². The van der Waals surface area contributed by atoms with E-state index in [4.69, 9.17) is 9.47 Å². The molecule has 0 spiro atoms. The zero-order valence-electron chi connectivity index (χ0n) is 12.7. The van der Waals surface area contributed by atoms with Gasteiger partial charge in [-0.3, -0.25) is 10.1 Å². The first-order valence-electron chi connectivity index (χ1n) is 7.55. The number of nitrogens with zero attached hydrogens (tertiary/aromatic N) is 1. The van der Waals surface area contributed by atoms with E-state index in [0.29, 0.717) is 19.2 Å². The number of rotatable bonds is 4. The van der Waals surface area contributed by atoms with Crippen LogP contribution in [0, 0.1) is 0 Å². The van der Waals surface area contributed by atoms with Crippen molar-refractivity contribution in [1.29, 1.82) is 0 Å². The van der Waals surface area contributed by atoms with Crippen LogP contribution < -0.4 is 14.8 Å². The van der Waals surface area contributed by atoms with E-state index in [0.717, 1.165) is 27.4 Å².